The third kappa shape index (κ3) is 4.77. The Labute approximate surface area is 187 Å². The SMILES string of the molecule is O=C(NCCc1ccc2cc(S(=O)(=O)O)ccc2c1)c1ccc2nc(Cl)c(Cl)nc2c1. The average Bonchev–Trinajstić information content (AvgIpc) is 2.73. The van der Waals surface area contributed by atoms with Crippen LogP contribution in [0.3, 0.4) is 0 Å². The lowest BCUT2D eigenvalue weighted by atomic mass is 10.1. The van der Waals surface area contributed by atoms with E-state index in [-0.39, 0.29) is 21.1 Å². The van der Waals surface area contributed by atoms with Gasteiger partial charge >= 0.3 is 0 Å². The number of hydrogen-bond donors (Lipinski definition) is 2. The number of carbonyl (C=O) groups is 1. The summed E-state index contributed by atoms with van der Waals surface area (Å²) in [6, 6.07) is 14.8. The monoisotopic (exact) mass is 475 g/mol. The van der Waals surface area contributed by atoms with Crippen LogP contribution in [0.4, 0.5) is 0 Å². The highest BCUT2D eigenvalue weighted by molar-refractivity contribution is 7.85. The van der Waals surface area contributed by atoms with Crippen LogP contribution in [0.5, 0.6) is 0 Å². The number of aromatic nitrogens is 2. The summed E-state index contributed by atoms with van der Waals surface area (Å²) in [5.74, 6) is -0.256. The molecule has 7 nitrogen and oxygen atoms in total. The molecule has 4 aromatic rings. The van der Waals surface area contributed by atoms with Gasteiger partial charge in [-0.15, -0.1) is 0 Å². The quantitative estimate of drug-likeness (QED) is 0.416. The van der Waals surface area contributed by atoms with Crippen molar-refractivity contribution in [3.8, 4) is 0 Å². The molecule has 0 aliphatic heterocycles. The molecule has 31 heavy (non-hydrogen) atoms. The molecule has 10 heteroatoms. The van der Waals surface area contributed by atoms with Crippen LogP contribution in [0, 0.1) is 0 Å². The average molecular weight is 476 g/mol. The topological polar surface area (TPSA) is 109 Å². The molecule has 0 bridgehead atoms. The number of benzene rings is 3. The number of amides is 1. The van der Waals surface area contributed by atoms with E-state index in [0.717, 1.165) is 10.9 Å². The number of nitrogens with one attached hydrogen (secondary N) is 1. The minimum atomic E-state index is -4.24. The zero-order valence-electron chi connectivity index (χ0n) is 15.8. The highest BCUT2D eigenvalue weighted by Crippen LogP contribution is 2.22. The van der Waals surface area contributed by atoms with Crippen molar-refractivity contribution in [2.75, 3.05) is 6.54 Å². The minimum absolute atomic E-state index is 0.0757. The standard InChI is InChI=1S/C21H15Cl2N3O4S/c22-19-20(23)26-18-11-15(4-6-17(18)25-19)21(27)24-8-7-12-1-2-14-10-16(31(28,29)30)5-3-13(14)9-12/h1-6,9-11H,7-8H2,(H,24,27)(H,28,29,30). The summed E-state index contributed by atoms with van der Waals surface area (Å²) in [4.78, 5) is 20.6. The molecule has 0 unspecified atom stereocenters. The van der Waals surface area contributed by atoms with Crippen LogP contribution in [-0.4, -0.2) is 35.4 Å². The van der Waals surface area contributed by atoms with Crippen molar-refractivity contribution in [3.05, 3.63) is 76.0 Å². The normalized spacial score (nSPS) is 11.7. The summed E-state index contributed by atoms with van der Waals surface area (Å²) in [6.45, 7) is 0.401. The summed E-state index contributed by atoms with van der Waals surface area (Å²) >= 11 is 11.8. The van der Waals surface area contributed by atoms with Gasteiger partial charge in [0.05, 0.1) is 15.9 Å². The Bertz CT molecular complexity index is 1440. The largest absolute Gasteiger partial charge is 0.352 e. The smallest absolute Gasteiger partial charge is 0.294 e. The molecule has 0 saturated heterocycles. The van der Waals surface area contributed by atoms with Crippen LogP contribution in [0.15, 0.2) is 59.5 Å². The summed E-state index contributed by atoms with van der Waals surface area (Å²) in [7, 11) is -4.24. The van der Waals surface area contributed by atoms with Crippen molar-refractivity contribution in [1.82, 2.24) is 15.3 Å². The Morgan fingerprint density at radius 2 is 1.58 bits per heavy atom. The van der Waals surface area contributed by atoms with Crippen molar-refractivity contribution in [2.45, 2.75) is 11.3 Å². The minimum Gasteiger partial charge on any atom is -0.352 e. The number of hydrogen-bond acceptors (Lipinski definition) is 5. The predicted molar refractivity (Wildman–Crippen MR) is 119 cm³/mol. The first kappa shape index (κ1) is 21.5. The lowest BCUT2D eigenvalue weighted by Gasteiger charge is -2.08. The van der Waals surface area contributed by atoms with Crippen LogP contribution in [0.25, 0.3) is 21.8 Å². The molecule has 3 aromatic carbocycles. The maximum absolute atomic E-state index is 12.5. The molecule has 4 rings (SSSR count). The number of carbonyl (C=O) groups excluding carboxylic acids is 1. The van der Waals surface area contributed by atoms with E-state index < -0.39 is 10.1 Å². The van der Waals surface area contributed by atoms with E-state index in [1.54, 1.807) is 30.3 Å². The molecular weight excluding hydrogens is 461 g/mol. The molecule has 158 valence electrons. The predicted octanol–water partition coefficient (Wildman–Crippen LogP) is 4.31. The van der Waals surface area contributed by atoms with Gasteiger partial charge in [-0.25, -0.2) is 9.97 Å². The fourth-order valence-corrected chi connectivity index (χ4v) is 3.95. The highest BCUT2D eigenvalue weighted by Gasteiger charge is 2.11. The van der Waals surface area contributed by atoms with Gasteiger partial charge in [0.25, 0.3) is 16.0 Å². The van der Waals surface area contributed by atoms with Gasteiger partial charge < -0.3 is 5.32 Å². The summed E-state index contributed by atoms with van der Waals surface area (Å²) in [6.07, 6.45) is 0.580. The Morgan fingerprint density at radius 1 is 0.903 bits per heavy atom. The van der Waals surface area contributed by atoms with E-state index in [1.807, 2.05) is 12.1 Å². The van der Waals surface area contributed by atoms with Crippen LogP contribution in [-0.2, 0) is 16.5 Å². The number of nitrogens with zero attached hydrogens (tertiary/aromatic N) is 2. The molecule has 0 saturated carbocycles. The van der Waals surface area contributed by atoms with E-state index in [1.165, 1.54) is 12.1 Å². The molecule has 1 heterocycles. The van der Waals surface area contributed by atoms with Crippen LogP contribution in [0.2, 0.25) is 10.3 Å². The second kappa shape index (κ2) is 8.39. The van der Waals surface area contributed by atoms with E-state index in [0.29, 0.717) is 34.9 Å². The molecule has 1 aromatic heterocycles. The number of rotatable bonds is 5. The van der Waals surface area contributed by atoms with Crippen molar-refractivity contribution >= 4 is 61.0 Å². The van der Waals surface area contributed by atoms with Gasteiger partial charge in [-0.05, 0) is 53.1 Å². The van der Waals surface area contributed by atoms with Gasteiger partial charge in [-0.2, -0.15) is 8.42 Å². The Kier molecular flexibility index (Phi) is 5.81. The summed E-state index contributed by atoms with van der Waals surface area (Å²) in [5, 5.41) is 4.57. The molecule has 0 atom stereocenters. The molecule has 0 spiro atoms. The zero-order valence-corrected chi connectivity index (χ0v) is 18.2. The van der Waals surface area contributed by atoms with E-state index in [4.69, 9.17) is 27.8 Å². The van der Waals surface area contributed by atoms with Crippen molar-refractivity contribution in [3.63, 3.8) is 0 Å². The van der Waals surface area contributed by atoms with Gasteiger partial charge in [-0.1, -0.05) is 47.5 Å². The summed E-state index contributed by atoms with van der Waals surface area (Å²) < 4.78 is 31.7. The Balaban J connectivity index is 1.43. The van der Waals surface area contributed by atoms with E-state index in [9.17, 15) is 13.2 Å². The Hall–Kier alpha value is -2.78. The number of halogens is 2. The molecule has 1 amide bonds. The molecule has 0 aliphatic carbocycles. The molecule has 2 N–H and O–H groups in total. The van der Waals surface area contributed by atoms with E-state index >= 15 is 0 Å². The molecular formula is C21H15Cl2N3O4S. The third-order valence-electron chi connectivity index (χ3n) is 4.72. The molecule has 0 fully saturated rings. The molecule has 0 radical (unpaired) electrons. The zero-order chi connectivity index (χ0) is 22.2. The van der Waals surface area contributed by atoms with Gasteiger partial charge in [0.15, 0.2) is 10.3 Å². The maximum atomic E-state index is 12.5. The van der Waals surface area contributed by atoms with Crippen LogP contribution < -0.4 is 5.32 Å². The van der Waals surface area contributed by atoms with Gasteiger partial charge in [0.1, 0.15) is 0 Å². The van der Waals surface area contributed by atoms with Crippen molar-refractivity contribution < 1.29 is 17.8 Å². The first-order chi connectivity index (χ1) is 14.7. The maximum Gasteiger partial charge on any atom is 0.294 e. The first-order valence-corrected chi connectivity index (χ1v) is 11.3. The lowest BCUT2D eigenvalue weighted by Crippen LogP contribution is -2.25. The molecule has 0 aliphatic rings. The van der Waals surface area contributed by atoms with Gasteiger partial charge in [0.2, 0.25) is 0 Å². The third-order valence-corrected chi connectivity index (χ3v) is 6.19. The van der Waals surface area contributed by atoms with Gasteiger partial charge in [0, 0.05) is 12.1 Å². The van der Waals surface area contributed by atoms with Crippen LogP contribution >= 0.6 is 23.2 Å². The van der Waals surface area contributed by atoms with E-state index in [2.05, 4.69) is 15.3 Å². The van der Waals surface area contributed by atoms with Gasteiger partial charge in [-0.3, -0.25) is 9.35 Å². The fraction of sp³-hybridized carbons (Fsp3) is 0.0952. The fourth-order valence-electron chi connectivity index (χ4n) is 3.16. The second-order valence-electron chi connectivity index (χ2n) is 6.83. The highest BCUT2D eigenvalue weighted by atomic mass is 35.5. The summed E-state index contributed by atoms with van der Waals surface area (Å²) in [5.41, 5.74) is 2.41. The Morgan fingerprint density at radius 3 is 2.32 bits per heavy atom. The first-order valence-electron chi connectivity index (χ1n) is 9.12. The second-order valence-corrected chi connectivity index (χ2v) is 8.97. The van der Waals surface area contributed by atoms with Crippen molar-refractivity contribution in [1.29, 1.82) is 0 Å². The van der Waals surface area contributed by atoms with Crippen molar-refractivity contribution in [2.24, 2.45) is 0 Å². The lowest BCUT2D eigenvalue weighted by molar-refractivity contribution is 0.0954. The number of fused-ring (bicyclic) bond motifs is 2. The van der Waals surface area contributed by atoms with Crippen LogP contribution in [0.1, 0.15) is 15.9 Å².